The van der Waals surface area contributed by atoms with E-state index in [1.54, 1.807) is 0 Å². The molecule has 0 spiro atoms. The second kappa shape index (κ2) is 6.37. The molecule has 0 aliphatic carbocycles. The zero-order valence-electron chi connectivity index (χ0n) is 11.9. The topological polar surface area (TPSA) is 54.7 Å². The lowest BCUT2D eigenvalue weighted by molar-refractivity contribution is 0.794. The van der Waals surface area contributed by atoms with Crippen LogP contribution in [-0.4, -0.2) is 16.5 Å². The molecule has 21 heavy (non-hydrogen) atoms. The van der Waals surface area contributed by atoms with Crippen LogP contribution in [0.2, 0.25) is 0 Å². The van der Waals surface area contributed by atoms with E-state index in [-0.39, 0.29) is 0 Å². The predicted molar refractivity (Wildman–Crippen MR) is 86.8 cm³/mol. The molecule has 0 fully saturated rings. The number of aromatic amines is 1. The van der Waals surface area contributed by atoms with Crippen molar-refractivity contribution in [2.45, 2.75) is 12.8 Å². The number of hydrogen-bond donors (Lipinski definition) is 2. The molecule has 3 nitrogen and oxygen atoms in total. The first kappa shape index (κ1) is 13.6. The second-order valence-corrected chi connectivity index (χ2v) is 5.03. The summed E-state index contributed by atoms with van der Waals surface area (Å²) < 4.78 is 0. The predicted octanol–water partition coefficient (Wildman–Crippen LogP) is 3.64. The second-order valence-electron chi connectivity index (χ2n) is 5.03. The minimum atomic E-state index is 0.683. The number of nitrogens with zero attached hydrogens (tertiary/aromatic N) is 1. The summed E-state index contributed by atoms with van der Waals surface area (Å²) in [5.74, 6) is 0.998. The maximum atomic E-state index is 5.60. The Morgan fingerprint density at radius 1 is 0.857 bits per heavy atom. The van der Waals surface area contributed by atoms with Gasteiger partial charge in [-0.3, -0.25) is 0 Å². The van der Waals surface area contributed by atoms with Gasteiger partial charge in [0.1, 0.15) is 5.82 Å². The van der Waals surface area contributed by atoms with Gasteiger partial charge in [0.05, 0.1) is 11.4 Å². The summed E-state index contributed by atoms with van der Waals surface area (Å²) in [5.41, 5.74) is 9.97. The van der Waals surface area contributed by atoms with Crippen LogP contribution in [0, 0.1) is 0 Å². The van der Waals surface area contributed by atoms with Gasteiger partial charge in [0, 0.05) is 17.5 Å². The molecular formula is C18H19N3. The average molecular weight is 277 g/mol. The van der Waals surface area contributed by atoms with Crippen molar-refractivity contribution in [1.29, 1.82) is 0 Å². The summed E-state index contributed by atoms with van der Waals surface area (Å²) in [6.07, 6.45) is 1.82. The van der Waals surface area contributed by atoms with Crippen molar-refractivity contribution in [3.8, 4) is 22.5 Å². The molecule has 3 heteroatoms. The van der Waals surface area contributed by atoms with Crippen molar-refractivity contribution in [3.63, 3.8) is 0 Å². The summed E-state index contributed by atoms with van der Waals surface area (Å²) >= 11 is 0. The lowest BCUT2D eigenvalue weighted by atomic mass is 10.1. The molecule has 0 radical (unpaired) electrons. The summed E-state index contributed by atoms with van der Waals surface area (Å²) in [5, 5.41) is 0. The number of aromatic nitrogens is 2. The molecule has 0 saturated heterocycles. The fourth-order valence-corrected chi connectivity index (χ4v) is 2.43. The third kappa shape index (κ3) is 3.03. The number of imidazole rings is 1. The summed E-state index contributed by atoms with van der Waals surface area (Å²) in [6, 6.07) is 20.6. The van der Waals surface area contributed by atoms with Crippen LogP contribution < -0.4 is 5.73 Å². The smallest absolute Gasteiger partial charge is 0.107 e. The van der Waals surface area contributed by atoms with E-state index in [0.717, 1.165) is 41.2 Å². The quantitative estimate of drug-likeness (QED) is 0.748. The Morgan fingerprint density at radius 2 is 1.48 bits per heavy atom. The first-order chi connectivity index (χ1) is 10.4. The summed E-state index contributed by atoms with van der Waals surface area (Å²) in [4.78, 5) is 8.25. The Hall–Kier alpha value is -2.39. The molecule has 0 bridgehead atoms. The summed E-state index contributed by atoms with van der Waals surface area (Å²) in [6.45, 7) is 0.683. The number of nitrogens with one attached hydrogen (secondary N) is 1. The van der Waals surface area contributed by atoms with Gasteiger partial charge in [0.2, 0.25) is 0 Å². The van der Waals surface area contributed by atoms with E-state index in [4.69, 9.17) is 10.7 Å². The minimum Gasteiger partial charge on any atom is -0.341 e. The normalized spacial score (nSPS) is 10.7. The van der Waals surface area contributed by atoms with Gasteiger partial charge in [-0.05, 0) is 13.0 Å². The number of benzene rings is 2. The third-order valence-corrected chi connectivity index (χ3v) is 3.48. The van der Waals surface area contributed by atoms with Crippen LogP contribution in [0.5, 0.6) is 0 Å². The number of H-pyrrole nitrogens is 1. The van der Waals surface area contributed by atoms with E-state index in [1.807, 2.05) is 36.4 Å². The zero-order chi connectivity index (χ0) is 14.5. The molecule has 0 atom stereocenters. The Kier molecular flexibility index (Phi) is 4.12. The molecule has 3 aromatic rings. The fraction of sp³-hybridized carbons (Fsp3) is 0.167. The maximum Gasteiger partial charge on any atom is 0.107 e. The minimum absolute atomic E-state index is 0.683. The molecule has 0 amide bonds. The number of nitrogens with two attached hydrogens (primary N) is 1. The highest BCUT2D eigenvalue weighted by Gasteiger charge is 2.13. The Morgan fingerprint density at radius 3 is 2.10 bits per heavy atom. The Labute approximate surface area is 124 Å². The van der Waals surface area contributed by atoms with Gasteiger partial charge in [0.25, 0.3) is 0 Å². The first-order valence-corrected chi connectivity index (χ1v) is 7.28. The van der Waals surface area contributed by atoms with E-state index in [2.05, 4.69) is 29.2 Å². The van der Waals surface area contributed by atoms with Crippen LogP contribution in [0.4, 0.5) is 0 Å². The Balaban J connectivity index is 2.06. The van der Waals surface area contributed by atoms with Gasteiger partial charge < -0.3 is 10.7 Å². The van der Waals surface area contributed by atoms with E-state index in [1.165, 1.54) is 0 Å². The van der Waals surface area contributed by atoms with Crippen LogP contribution in [0.1, 0.15) is 12.2 Å². The van der Waals surface area contributed by atoms with Gasteiger partial charge in [0.15, 0.2) is 0 Å². The Bertz CT molecular complexity index is 630. The van der Waals surface area contributed by atoms with Crippen LogP contribution in [0.15, 0.2) is 60.7 Å². The van der Waals surface area contributed by atoms with E-state index >= 15 is 0 Å². The van der Waals surface area contributed by atoms with Crippen molar-refractivity contribution < 1.29 is 0 Å². The standard InChI is InChI=1S/C18H19N3/c19-13-7-12-16-20-17(14-8-3-1-4-9-14)18(21-16)15-10-5-2-6-11-15/h1-6,8-11H,7,12-13,19H2,(H,20,21). The van der Waals surface area contributed by atoms with E-state index in [0.29, 0.717) is 6.54 Å². The summed E-state index contributed by atoms with van der Waals surface area (Å²) in [7, 11) is 0. The van der Waals surface area contributed by atoms with Crippen LogP contribution in [0.25, 0.3) is 22.5 Å². The molecular weight excluding hydrogens is 258 g/mol. The molecule has 0 aliphatic rings. The van der Waals surface area contributed by atoms with Crippen molar-refractivity contribution in [3.05, 3.63) is 66.5 Å². The lowest BCUT2D eigenvalue weighted by Gasteiger charge is -2.02. The van der Waals surface area contributed by atoms with E-state index < -0.39 is 0 Å². The highest BCUT2D eigenvalue weighted by atomic mass is 14.9. The van der Waals surface area contributed by atoms with Crippen LogP contribution in [0.3, 0.4) is 0 Å². The van der Waals surface area contributed by atoms with Gasteiger partial charge >= 0.3 is 0 Å². The molecule has 0 aliphatic heterocycles. The van der Waals surface area contributed by atoms with Crippen molar-refractivity contribution >= 4 is 0 Å². The monoisotopic (exact) mass is 277 g/mol. The molecule has 1 aromatic heterocycles. The van der Waals surface area contributed by atoms with Gasteiger partial charge in [-0.25, -0.2) is 4.98 Å². The van der Waals surface area contributed by atoms with Gasteiger partial charge in [-0.1, -0.05) is 60.7 Å². The molecule has 0 unspecified atom stereocenters. The highest BCUT2D eigenvalue weighted by Crippen LogP contribution is 2.30. The lowest BCUT2D eigenvalue weighted by Crippen LogP contribution is -2.01. The largest absolute Gasteiger partial charge is 0.341 e. The molecule has 106 valence electrons. The van der Waals surface area contributed by atoms with E-state index in [9.17, 15) is 0 Å². The van der Waals surface area contributed by atoms with Gasteiger partial charge in [-0.2, -0.15) is 0 Å². The SMILES string of the molecule is NCCCc1nc(-c2ccccc2)c(-c2ccccc2)[nH]1. The molecule has 2 aromatic carbocycles. The molecule has 1 heterocycles. The molecule has 0 saturated carbocycles. The zero-order valence-corrected chi connectivity index (χ0v) is 11.9. The van der Waals surface area contributed by atoms with Crippen molar-refractivity contribution in [2.24, 2.45) is 5.73 Å². The van der Waals surface area contributed by atoms with Crippen LogP contribution >= 0.6 is 0 Å². The van der Waals surface area contributed by atoms with Crippen LogP contribution in [-0.2, 0) is 6.42 Å². The van der Waals surface area contributed by atoms with Crippen molar-refractivity contribution in [2.75, 3.05) is 6.54 Å². The van der Waals surface area contributed by atoms with Crippen molar-refractivity contribution in [1.82, 2.24) is 9.97 Å². The molecule has 3 N–H and O–H groups in total. The highest BCUT2D eigenvalue weighted by molar-refractivity contribution is 5.78. The van der Waals surface area contributed by atoms with Gasteiger partial charge in [-0.15, -0.1) is 0 Å². The number of aryl methyl sites for hydroxylation is 1. The first-order valence-electron chi connectivity index (χ1n) is 7.28. The number of rotatable bonds is 5. The average Bonchev–Trinajstić information content (AvgIpc) is 2.99. The fourth-order valence-electron chi connectivity index (χ4n) is 2.43. The number of hydrogen-bond acceptors (Lipinski definition) is 2. The molecule has 3 rings (SSSR count). The maximum absolute atomic E-state index is 5.60. The third-order valence-electron chi connectivity index (χ3n) is 3.48.